The molecule has 0 spiro atoms. The van der Waals surface area contributed by atoms with Crippen molar-refractivity contribution in [3.05, 3.63) is 46.8 Å². The summed E-state index contributed by atoms with van der Waals surface area (Å²) in [6.07, 6.45) is -2.68. The Morgan fingerprint density at radius 1 is 1.45 bits per heavy atom. The van der Waals surface area contributed by atoms with Crippen LogP contribution in [0.2, 0.25) is 5.02 Å². The maximum absolute atomic E-state index is 12.7. The van der Waals surface area contributed by atoms with Gasteiger partial charge in [0.1, 0.15) is 5.76 Å². The quantitative estimate of drug-likeness (QED) is 0.867. The summed E-state index contributed by atoms with van der Waals surface area (Å²) in [6, 6.07) is 7.53. The highest BCUT2D eigenvalue weighted by molar-refractivity contribution is 6.31. The zero-order chi connectivity index (χ0) is 14.7. The molecule has 0 aliphatic rings. The molecule has 1 amide bonds. The van der Waals surface area contributed by atoms with Gasteiger partial charge in [0.25, 0.3) is 12.3 Å². The number of amides is 1. The summed E-state index contributed by atoms with van der Waals surface area (Å²) in [5, 5.41) is 3.90. The number of halogens is 3. The van der Waals surface area contributed by atoms with E-state index in [4.69, 9.17) is 16.1 Å². The number of hydrogen-bond acceptors (Lipinski definition) is 3. The molecule has 106 valence electrons. The molecular weight excluding hydrogens is 290 g/mol. The molecule has 0 bridgehead atoms. The van der Waals surface area contributed by atoms with E-state index in [1.165, 1.54) is 18.2 Å². The third-order valence-electron chi connectivity index (χ3n) is 2.53. The van der Waals surface area contributed by atoms with Gasteiger partial charge in [-0.25, -0.2) is 8.78 Å². The average Bonchev–Trinajstić information content (AvgIpc) is 2.81. The Bertz CT molecular complexity index is 616. The van der Waals surface area contributed by atoms with E-state index in [-0.39, 0.29) is 11.4 Å². The lowest BCUT2D eigenvalue weighted by Crippen LogP contribution is -2.35. The van der Waals surface area contributed by atoms with E-state index in [1.807, 2.05) is 0 Å². The fraction of sp³-hybridized carbons (Fsp3) is 0.231. The summed E-state index contributed by atoms with van der Waals surface area (Å²) in [7, 11) is 0. The van der Waals surface area contributed by atoms with E-state index in [2.05, 4.69) is 5.16 Å². The van der Waals surface area contributed by atoms with Crippen LogP contribution in [0.5, 0.6) is 0 Å². The van der Waals surface area contributed by atoms with Crippen LogP contribution in [0.1, 0.15) is 16.2 Å². The van der Waals surface area contributed by atoms with Gasteiger partial charge in [0, 0.05) is 16.8 Å². The van der Waals surface area contributed by atoms with Gasteiger partial charge in [0.2, 0.25) is 0 Å². The molecule has 0 saturated carbocycles. The standard InChI is InChI=1S/C13H11ClF2N2O2/c1-8-5-11(17-20-8)13(19)18(7-12(15)16)10-4-2-3-9(14)6-10/h2-6,12H,7H2,1H3. The molecule has 0 aliphatic carbocycles. The Morgan fingerprint density at radius 3 is 2.75 bits per heavy atom. The third-order valence-corrected chi connectivity index (χ3v) is 2.77. The van der Waals surface area contributed by atoms with Gasteiger partial charge in [0.05, 0.1) is 6.54 Å². The minimum absolute atomic E-state index is 0.0249. The molecule has 1 heterocycles. The predicted octanol–water partition coefficient (Wildman–Crippen LogP) is 3.55. The molecule has 0 fully saturated rings. The van der Waals surface area contributed by atoms with Crippen LogP contribution in [0.3, 0.4) is 0 Å². The zero-order valence-electron chi connectivity index (χ0n) is 10.5. The zero-order valence-corrected chi connectivity index (χ0v) is 11.3. The molecule has 0 unspecified atom stereocenters. The first-order chi connectivity index (χ1) is 9.47. The smallest absolute Gasteiger partial charge is 0.280 e. The molecule has 1 aromatic heterocycles. The topological polar surface area (TPSA) is 46.3 Å². The number of alkyl halides is 2. The molecule has 0 saturated heterocycles. The normalized spacial score (nSPS) is 10.8. The minimum Gasteiger partial charge on any atom is -0.361 e. The highest BCUT2D eigenvalue weighted by Gasteiger charge is 2.24. The van der Waals surface area contributed by atoms with E-state index in [9.17, 15) is 13.6 Å². The average molecular weight is 301 g/mol. The van der Waals surface area contributed by atoms with Crippen LogP contribution in [-0.2, 0) is 0 Å². The summed E-state index contributed by atoms with van der Waals surface area (Å²) < 4.78 is 30.2. The van der Waals surface area contributed by atoms with E-state index in [0.717, 1.165) is 4.90 Å². The van der Waals surface area contributed by atoms with Crippen molar-refractivity contribution >= 4 is 23.2 Å². The van der Waals surface area contributed by atoms with Crippen molar-refractivity contribution in [2.75, 3.05) is 11.4 Å². The Kier molecular flexibility index (Phi) is 4.34. The van der Waals surface area contributed by atoms with Crippen molar-refractivity contribution in [1.29, 1.82) is 0 Å². The largest absolute Gasteiger partial charge is 0.361 e. The lowest BCUT2D eigenvalue weighted by atomic mass is 10.2. The van der Waals surface area contributed by atoms with Crippen LogP contribution in [-0.4, -0.2) is 24.0 Å². The number of benzene rings is 1. The minimum atomic E-state index is -2.68. The second kappa shape index (κ2) is 6.00. The maximum Gasteiger partial charge on any atom is 0.280 e. The maximum atomic E-state index is 12.7. The van der Waals surface area contributed by atoms with E-state index < -0.39 is 18.9 Å². The van der Waals surface area contributed by atoms with Crippen molar-refractivity contribution in [2.24, 2.45) is 0 Å². The number of aryl methyl sites for hydroxylation is 1. The van der Waals surface area contributed by atoms with Gasteiger partial charge in [0.15, 0.2) is 5.69 Å². The number of rotatable bonds is 4. The van der Waals surface area contributed by atoms with Crippen LogP contribution in [0.15, 0.2) is 34.9 Å². The van der Waals surface area contributed by atoms with Gasteiger partial charge < -0.3 is 9.42 Å². The van der Waals surface area contributed by atoms with Crippen molar-refractivity contribution in [2.45, 2.75) is 13.3 Å². The van der Waals surface area contributed by atoms with Crippen molar-refractivity contribution in [3.63, 3.8) is 0 Å². The van der Waals surface area contributed by atoms with Crippen molar-refractivity contribution < 1.29 is 18.1 Å². The highest BCUT2D eigenvalue weighted by atomic mass is 35.5. The van der Waals surface area contributed by atoms with Crippen LogP contribution < -0.4 is 4.90 Å². The Labute approximate surface area is 118 Å². The highest BCUT2D eigenvalue weighted by Crippen LogP contribution is 2.22. The number of aromatic nitrogens is 1. The first-order valence-corrected chi connectivity index (χ1v) is 6.14. The molecule has 2 rings (SSSR count). The summed E-state index contributed by atoms with van der Waals surface area (Å²) >= 11 is 5.82. The summed E-state index contributed by atoms with van der Waals surface area (Å²) in [5.74, 6) is -0.235. The van der Waals surface area contributed by atoms with E-state index >= 15 is 0 Å². The summed E-state index contributed by atoms with van der Waals surface area (Å²) in [4.78, 5) is 13.2. The molecule has 4 nitrogen and oxygen atoms in total. The Balaban J connectivity index is 2.34. The van der Waals surface area contributed by atoms with Crippen molar-refractivity contribution in [1.82, 2.24) is 5.16 Å². The fourth-order valence-corrected chi connectivity index (χ4v) is 1.88. The first kappa shape index (κ1) is 14.5. The second-order valence-electron chi connectivity index (χ2n) is 4.11. The molecule has 20 heavy (non-hydrogen) atoms. The molecule has 2 aromatic rings. The van der Waals surface area contributed by atoms with Gasteiger partial charge >= 0.3 is 0 Å². The van der Waals surface area contributed by atoms with Crippen LogP contribution in [0.25, 0.3) is 0 Å². The van der Waals surface area contributed by atoms with Gasteiger partial charge in [-0.15, -0.1) is 0 Å². The predicted molar refractivity (Wildman–Crippen MR) is 70.4 cm³/mol. The number of hydrogen-bond donors (Lipinski definition) is 0. The van der Waals surface area contributed by atoms with E-state index in [1.54, 1.807) is 19.1 Å². The molecular formula is C13H11ClF2N2O2. The lowest BCUT2D eigenvalue weighted by molar-refractivity contribution is 0.0937. The second-order valence-corrected chi connectivity index (χ2v) is 4.55. The monoisotopic (exact) mass is 300 g/mol. The molecule has 7 heteroatoms. The van der Waals surface area contributed by atoms with Gasteiger partial charge in [-0.1, -0.05) is 22.8 Å². The SMILES string of the molecule is Cc1cc(C(=O)N(CC(F)F)c2cccc(Cl)c2)no1. The number of anilines is 1. The van der Waals surface area contributed by atoms with Crippen LogP contribution >= 0.6 is 11.6 Å². The fourth-order valence-electron chi connectivity index (χ4n) is 1.69. The molecule has 0 atom stereocenters. The summed E-state index contributed by atoms with van der Waals surface area (Å²) in [5.41, 5.74) is 0.256. The molecule has 0 N–H and O–H groups in total. The Morgan fingerprint density at radius 2 is 2.20 bits per heavy atom. The van der Waals surface area contributed by atoms with Crippen molar-refractivity contribution in [3.8, 4) is 0 Å². The summed E-state index contributed by atoms with van der Waals surface area (Å²) in [6.45, 7) is 0.867. The first-order valence-electron chi connectivity index (χ1n) is 5.76. The van der Waals surface area contributed by atoms with Crippen LogP contribution in [0.4, 0.5) is 14.5 Å². The lowest BCUT2D eigenvalue weighted by Gasteiger charge is -2.21. The number of nitrogens with zero attached hydrogens (tertiary/aromatic N) is 2. The van der Waals surface area contributed by atoms with Crippen LogP contribution in [0, 0.1) is 6.92 Å². The van der Waals surface area contributed by atoms with E-state index in [0.29, 0.717) is 10.8 Å². The van der Waals surface area contributed by atoms with Gasteiger partial charge in [-0.3, -0.25) is 4.79 Å². The van der Waals surface area contributed by atoms with Gasteiger partial charge in [-0.05, 0) is 25.1 Å². The number of carbonyl (C=O) groups excluding carboxylic acids is 1. The van der Waals surface area contributed by atoms with Gasteiger partial charge in [-0.2, -0.15) is 0 Å². The number of carbonyl (C=O) groups is 1. The Hall–Kier alpha value is -1.95. The third kappa shape index (κ3) is 3.33. The molecule has 0 radical (unpaired) electrons. The molecule has 0 aliphatic heterocycles. The molecule has 1 aromatic carbocycles.